The van der Waals surface area contributed by atoms with E-state index in [1.54, 1.807) is 0 Å². The zero-order chi connectivity index (χ0) is 16.5. The van der Waals surface area contributed by atoms with Crippen LogP contribution in [0.3, 0.4) is 0 Å². The Morgan fingerprint density at radius 1 is 1.36 bits per heavy atom. The molecule has 2 atom stereocenters. The van der Waals surface area contributed by atoms with E-state index in [0.29, 0.717) is 0 Å². The van der Waals surface area contributed by atoms with Crippen LogP contribution >= 0.6 is 0 Å². The molecule has 0 bridgehead atoms. The normalized spacial score (nSPS) is 13.3. The van der Waals surface area contributed by atoms with E-state index in [1.807, 2.05) is 13.8 Å². The highest BCUT2D eigenvalue weighted by Crippen LogP contribution is 2.17. The van der Waals surface area contributed by atoms with Crippen LogP contribution in [0.5, 0.6) is 5.75 Å². The first-order valence-corrected chi connectivity index (χ1v) is 7.21. The molecule has 2 amide bonds. The van der Waals surface area contributed by atoms with Crippen molar-refractivity contribution < 1.29 is 23.4 Å². The number of hydrogen-bond donors (Lipinski definition) is 3. The molecular weight excluding hydrogens is 294 g/mol. The van der Waals surface area contributed by atoms with Gasteiger partial charge in [0.15, 0.2) is 11.6 Å². The third kappa shape index (κ3) is 6.26. The summed E-state index contributed by atoms with van der Waals surface area (Å²) in [7, 11) is 0. The second-order valence-electron chi connectivity index (χ2n) is 5.01. The number of rotatable bonds is 8. The molecule has 5 nitrogen and oxygen atoms in total. The van der Waals surface area contributed by atoms with Gasteiger partial charge in [-0.2, -0.15) is 0 Å². The monoisotopic (exact) mass is 316 g/mol. The van der Waals surface area contributed by atoms with Crippen molar-refractivity contribution in [3.05, 3.63) is 29.8 Å². The number of ether oxygens (including phenoxy) is 1. The smallest absolute Gasteiger partial charge is 0.315 e. The van der Waals surface area contributed by atoms with Crippen molar-refractivity contribution in [2.75, 3.05) is 19.7 Å². The minimum atomic E-state index is -0.791. The minimum absolute atomic E-state index is 0.0455. The molecule has 124 valence electrons. The Morgan fingerprint density at radius 3 is 2.73 bits per heavy atom. The SMILES string of the molecule is CCC(C)C(O)CNC(=O)NCCOc1ccc(F)cc1F. The topological polar surface area (TPSA) is 70.6 Å². The molecule has 0 aliphatic rings. The zero-order valence-electron chi connectivity index (χ0n) is 12.7. The van der Waals surface area contributed by atoms with Crippen molar-refractivity contribution in [2.24, 2.45) is 5.92 Å². The molecule has 22 heavy (non-hydrogen) atoms. The van der Waals surface area contributed by atoms with E-state index in [1.165, 1.54) is 6.07 Å². The maximum Gasteiger partial charge on any atom is 0.315 e. The van der Waals surface area contributed by atoms with E-state index >= 15 is 0 Å². The second-order valence-corrected chi connectivity index (χ2v) is 5.01. The fourth-order valence-corrected chi connectivity index (χ4v) is 1.65. The summed E-state index contributed by atoms with van der Waals surface area (Å²) in [6, 6.07) is 2.57. The van der Waals surface area contributed by atoms with E-state index in [0.717, 1.165) is 18.6 Å². The van der Waals surface area contributed by atoms with Crippen molar-refractivity contribution in [2.45, 2.75) is 26.4 Å². The summed E-state index contributed by atoms with van der Waals surface area (Å²) in [6.45, 7) is 4.22. The molecule has 0 aromatic heterocycles. The van der Waals surface area contributed by atoms with E-state index < -0.39 is 23.8 Å². The Bertz CT molecular complexity index is 486. The van der Waals surface area contributed by atoms with Crippen molar-refractivity contribution in [1.82, 2.24) is 10.6 Å². The summed E-state index contributed by atoms with van der Waals surface area (Å²) in [5.74, 6) is -1.44. The van der Waals surface area contributed by atoms with Gasteiger partial charge in [0, 0.05) is 12.6 Å². The summed E-state index contributed by atoms with van der Waals surface area (Å²) < 4.78 is 31.0. The summed E-state index contributed by atoms with van der Waals surface area (Å²) in [5.41, 5.74) is 0. The fraction of sp³-hybridized carbons (Fsp3) is 0.533. The first-order chi connectivity index (χ1) is 10.4. The molecular formula is C15H22F2N2O3. The van der Waals surface area contributed by atoms with Crippen LogP contribution in [0.4, 0.5) is 13.6 Å². The zero-order valence-corrected chi connectivity index (χ0v) is 12.7. The predicted molar refractivity (Wildman–Crippen MR) is 78.7 cm³/mol. The summed E-state index contributed by atoms with van der Waals surface area (Å²) >= 11 is 0. The standard InChI is InChI=1S/C15H22F2N2O3/c1-3-10(2)13(20)9-19-15(21)18-6-7-22-14-5-4-11(16)8-12(14)17/h4-5,8,10,13,20H,3,6-7,9H2,1-2H3,(H2,18,19,21). The molecule has 0 radical (unpaired) electrons. The fourth-order valence-electron chi connectivity index (χ4n) is 1.65. The van der Waals surface area contributed by atoms with Gasteiger partial charge in [0.1, 0.15) is 12.4 Å². The second kappa shape index (κ2) is 9.19. The molecule has 0 saturated carbocycles. The van der Waals surface area contributed by atoms with Crippen molar-refractivity contribution in [3.8, 4) is 5.75 Å². The lowest BCUT2D eigenvalue weighted by molar-refractivity contribution is 0.114. The molecule has 0 heterocycles. The van der Waals surface area contributed by atoms with Crippen LogP contribution < -0.4 is 15.4 Å². The highest BCUT2D eigenvalue weighted by Gasteiger charge is 2.13. The number of carbonyl (C=O) groups is 1. The molecule has 1 rings (SSSR count). The summed E-state index contributed by atoms with van der Waals surface area (Å²) in [5, 5.41) is 14.7. The largest absolute Gasteiger partial charge is 0.489 e. The Balaban J connectivity index is 2.20. The number of hydrogen-bond acceptors (Lipinski definition) is 3. The average Bonchev–Trinajstić information content (AvgIpc) is 2.49. The number of urea groups is 1. The number of benzene rings is 1. The van der Waals surface area contributed by atoms with E-state index in [4.69, 9.17) is 4.74 Å². The molecule has 0 saturated heterocycles. The number of carbonyl (C=O) groups excluding carboxylic acids is 1. The Hall–Kier alpha value is -1.89. The number of halogens is 2. The molecule has 0 spiro atoms. The number of amides is 2. The van der Waals surface area contributed by atoms with E-state index in [2.05, 4.69) is 10.6 Å². The maximum absolute atomic E-state index is 13.3. The third-order valence-corrected chi connectivity index (χ3v) is 3.31. The molecule has 0 aliphatic heterocycles. The minimum Gasteiger partial charge on any atom is -0.489 e. The molecule has 2 unspecified atom stereocenters. The van der Waals surface area contributed by atoms with Gasteiger partial charge in [-0.1, -0.05) is 20.3 Å². The highest BCUT2D eigenvalue weighted by atomic mass is 19.1. The summed E-state index contributed by atoms with van der Waals surface area (Å²) in [4.78, 5) is 11.5. The first kappa shape index (κ1) is 18.2. The predicted octanol–water partition coefficient (Wildman–Crippen LogP) is 2.05. The first-order valence-electron chi connectivity index (χ1n) is 7.21. The molecule has 0 fully saturated rings. The van der Waals surface area contributed by atoms with Gasteiger partial charge in [0.2, 0.25) is 0 Å². The van der Waals surface area contributed by atoms with Crippen LogP contribution in [0, 0.1) is 17.6 Å². The van der Waals surface area contributed by atoms with Gasteiger partial charge < -0.3 is 20.5 Å². The third-order valence-electron chi connectivity index (χ3n) is 3.31. The quantitative estimate of drug-likeness (QED) is 0.643. The molecule has 3 N–H and O–H groups in total. The molecule has 1 aromatic rings. The van der Waals surface area contributed by atoms with Gasteiger partial charge in [0.25, 0.3) is 0 Å². The van der Waals surface area contributed by atoms with Gasteiger partial charge >= 0.3 is 6.03 Å². The molecule has 0 aliphatic carbocycles. The van der Waals surface area contributed by atoms with Gasteiger partial charge in [-0.3, -0.25) is 0 Å². The van der Waals surface area contributed by atoms with Gasteiger partial charge in [0.05, 0.1) is 12.6 Å². The van der Waals surface area contributed by atoms with Crippen LogP contribution in [0.2, 0.25) is 0 Å². The van der Waals surface area contributed by atoms with Gasteiger partial charge in [-0.05, 0) is 18.1 Å². The van der Waals surface area contributed by atoms with Gasteiger partial charge in [-0.15, -0.1) is 0 Å². The van der Waals surface area contributed by atoms with Crippen LogP contribution in [0.15, 0.2) is 18.2 Å². The van der Waals surface area contributed by atoms with Crippen molar-refractivity contribution >= 4 is 6.03 Å². The molecule has 7 heteroatoms. The average molecular weight is 316 g/mol. The lowest BCUT2D eigenvalue weighted by Gasteiger charge is -2.17. The number of aliphatic hydroxyl groups is 1. The number of nitrogens with one attached hydrogen (secondary N) is 2. The Kier molecular flexibility index (Phi) is 7.59. The lowest BCUT2D eigenvalue weighted by Crippen LogP contribution is -2.42. The summed E-state index contributed by atoms with van der Waals surface area (Å²) in [6.07, 6.45) is 0.224. The van der Waals surface area contributed by atoms with Gasteiger partial charge in [-0.25, -0.2) is 13.6 Å². The maximum atomic E-state index is 13.3. The Morgan fingerprint density at radius 2 is 2.09 bits per heavy atom. The van der Waals surface area contributed by atoms with E-state index in [9.17, 15) is 18.7 Å². The molecule has 1 aromatic carbocycles. The van der Waals surface area contributed by atoms with Crippen LogP contribution in [-0.2, 0) is 0 Å². The Labute approximate surface area is 128 Å². The van der Waals surface area contributed by atoms with Crippen LogP contribution in [0.1, 0.15) is 20.3 Å². The van der Waals surface area contributed by atoms with Crippen molar-refractivity contribution in [3.63, 3.8) is 0 Å². The van der Waals surface area contributed by atoms with Crippen LogP contribution in [0.25, 0.3) is 0 Å². The highest BCUT2D eigenvalue weighted by molar-refractivity contribution is 5.73. The van der Waals surface area contributed by atoms with Crippen LogP contribution in [-0.4, -0.2) is 36.9 Å². The van der Waals surface area contributed by atoms with Crippen molar-refractivity contribution in [1.29, 1.82) is 0 Å². The number of aliphatic hydroxyl groups excluding tert-OH is 1. The van der Waals surface area contributed by atoms with E-state index in [-0.39, 0.29) is 31.4 Å². The lowest BCUT2D eigenvalue weighted by atomic mass is 10.0.